The molecule has 17 heavy (non-hydrogen) atoms. The van der Waals surface area contributed by atoms with Crippen LogP contribution in [-0.4, -0.2) is 44.5 Å². The third-order valence-corrected chi connectivity index (χ3v) is 3.86. The number of likely N-dealkylation sites (tertiary alicyclic amines) is 1. The van der Waals surface area contributed by atoms with Gasteiger partial charge in [-0.05, 0) is 44.1 Å². The van der Waals surface area contributed by atoms with Crippen molar-refractivity contribution in [2.75, 3.05) is 13.2 Å². The van der Waals surface area contributed by atoms with Crippen LogP contribution in [0.5, 0.6) is 0 Å². The van der Waals surface area contributed by atoms with Gasteiger partial charge in [-0.1, -0.05) is 0 Å². The van der Waals surface area contributed by atoms with E-state index in [1.807, 2.05) is 4.90 Å². The number of carbonyl (C=O) groups is 1. The molecule has 1 amide bonds. The van der Waals surface area contributed by atoms with E-state index in [1.54, 1.807) is 6.92 Å². The number of hydrogen-bond donors (Lipinski definition) is 1. The van der Waals surface area contributed by atoms with E-state index in [1.165, 1.54) is 0 Å². The van der Waals surface area contributed by atoms with Gasteiger partial charge in [0.2, 0.25) is 5.01 Å². The van der Waals surface area contributed by atoms with Crippen molar-refractivity contribution in [1.82, 2.24) is 14.3 Å². The van der Waals surface area contributed by atoms with Crippen LogP contribution in [0.2, 0.25) is 0 Å². The van der Waals surface area contributed by atoms with Crippen molar-refractivity contribution in [2.45, 2.75) is 38.6 Å². The van der Waals surface area contributed by atoms with Crippen LogP contribution >= 0.6 is 11.5 Å². The lowest BCUT2D eigenvalue weighted by Crippen LogP contribution is -2.44. The van der Waals surface area contributed by atoms with E-state index in [0.717, 1.165) is 37.3 Å². The molecule has 1 aromatic rings. The molecule has 6 heteroatoms. The van der Waals surface area contributed by atoms with Crippen LogP contribution in [0.4, 0.5) is 0 Å². The molecule has 1 aliphatic rings. The van der Waals surface area contributed by atoms with Gasteiger partial charge in [0.05, 0.1) is 0 Å². The number of carbonyl (C=O) groups excluding carboxylic acids is 1. The monoisotopic (exact) mass is 255 g/mol. The van der Waals surface area contributed by atoms with Crippen LogP contribution in [-0.2, 0) is 0 Å². The minimum Gasteiger partial charge on any atom is -0.396 e. The molecule has 0 saturated carbocycles. The van der Waals surface area contributed by atoms with Gasteiger partial charge in [0.1, 0.15) is 5.82 Å². The average Bonchev–Trinajstić information content (AvgIpc) is 2.76. The first-order valence-electron chi connectivity index (χ1n) is 5.94. The number of nitrogens with zero attached hydrogens (tertiary/aromatic N) is 3. The first kappa shape index (κ1) is 12.4. The van der Waals surface area contributed by atoms with Crippen molar-refractivity contribution in [2.24, 2.45) is 0 Å². The number of piperidine rings is 1. The molecule has 0 radical (unpaired) electrons. The van der Waals surface area contributed by atoms with E-state index in [2.05, 4.69) is 9.36 Å². The summed E-state index contributed by atoms with van der Waals surface area (Å²) >= 11 is 1.16. The summed E-state index contributed by atoms with van der Waals surface area (Å²) < 4.78 is 4.04. The topological polar surface area (TPSA) is 66.3 Å². The Hall–Kier alpha value is -1.01. The Morgan fingerprint density at radius 2 is 2.41 bits per heavy atom. The lowest BCUT2D eigenvalue weighted by Gasteiger charge is -2.34. The second-order valence-corrected chi connectivity index (χ2v) is 5.06. The van der Waals surface area contributed by atoms with Gasteiger partial charge in [0, 0.05) is 19.2 Å². The zero-order valence-corrected chi connectivity index (χ0v) is 10.7. The van der Waals surface area contributed by atoms with E-state index >= 15 is 0 Å². The number of hydrogen-bond acceptors (Lipinski definition) is 5. The zero-order chi connectivity index (χ0) is 12.3. The van der Waals surface area contributed by atoms with Crippen molar-refractivity contribution in [3.8, 4) is 0 Å². The number of aliphatic hydroxyl groups excluding tert-OH is 1. The highest BCUT2D eigenvalue weighted by Crippen LogP contribution is 2.22. The molecule has 0 spiro atoms. The van der Waals surface area contributed by atoms with Crippen molar-refractivity contribution in [3.05, 3.63) is 10.8 Å². The Morgan fingerprint density at radius 3 is 3.06 bits per heavy atom. The van der Waals surface area contributed by atoms with Crippen molar-refractivity contribution >= 4 is 17.4 Å². The standard InChI is InChI=1S/C11H17N3O2S/c1-8-12-10(17-13-8)11(16)14-6-3-2-4-9(14)5-7-15/h9,15H,2-7H2,1H3. The van der Waals surface area contributed by atoms with Gasteiger partial charge < -0.3 is 10.0 Å². The first-order valence-corrected chi connectivity index (χ1v) is 6.72. The molecule has 1 N–H and O–H groups in total. The molecular formula is C11H17N3O2S. The van der Waals surface area contributed by atoms with Crippen LogP contribution in [0.15, 0.2) is 0 Å². The van der Waals surface area contributed by atoms with Gasteiger partial charge in [0.25, 0.3) is 5.91 Å². The summed E-state index contributed by atoms with van der Waals surface area (Å²) in [6.45, 7) is 2.68. The summed E-state index contributed by atoms with van der Waals surface area (Å²) in [5.41, 5.74) is 0. The van der Waals surface area contributed by atoms with Crippen LogP contribution in [0, 0.1) is 6.92 Å². The highest BCUT2D eigenvalue weighted by atomic mass is 32.1. The van der Waals surface area contributed by atoms with Crippen LogP contribution < -0.4 is 0 Å². The maximum Gasteiger partial charge on any atom is 0.284 e. The molecule has 1 aliphatic heterocycles. The fraction of sp³-hybridized carbons (Fsp3) is 0.727. The van der Waals surface area contributed by atoms with Gasteiger partial charge in [-0.3, -0.25) is 4.79 Å². The van der Waals surface area contributed by atoms with Crippen LogP contribution in [0.1, 0.15) is 41.3 Å². The third-order valence-electron chi connectivity index (χ3n) is 3.06. The van der Waals surface area contributed by atoms with Gasteiger partial charge >= 0.3 is 0 Å². The molecule has 2 rings (SSSR count). The second kappa shape index (κ2) is 5.55. The molecule has 5 nitrogen and oxygen atoms in total. The maximum absolute atomic E-state index is 12.3. The van der Waals surface area contributed by atoms with Gasteiger partial charge in [-0.2, -0.15) is 4.37 Å². The van der Waals surface area contributed by atoms with Crippen molar-refractivity contribution in [1.29, 1.82) is 0 Å². The predicted molar refractivity (Wildman–Crippen MR) is 65.0 cm³/mol. The number of amides is 1. The molecule has 1 aromatic heterocycles. The fourth-order valence-corrected chi connectivity index (χ4v) is 2.85. The lowest BCUT2D eigenvalue weighted by atomic mass is 9.99. The molecule has 0 aliphatic carbocycles. The lowest BCUT2D eigenvalue weighted by molar-refractivity contribution is 0.0574. The van der Waals surface area contributed by atoms with Crippen molar-refractivity contribution in [3.63, 3.8) is 0 Å². The minimum absolute atomic E-state index is 0.0336. The molecule has 1 saturated heterocycles. The molecule has 1 unspecified atom stereocenters. The van der Waals surface area contributed by atoms with E-state index in [4.69, 9.17) is 5.11 Å². The summed E-state index contributed by atoms with van der Waals surface area (Å²) in [6.07, 6.45) is 3.79. The average molecular weight is 255 g/mol. The number of aromatic nitrogens is 2. The molecule has 94 valence electrons. The molecule has 0 aromatic carbocycles. The largest absolute Gasteiger partial charge is 0.396 e. The van der Waals surface area contributed by atoms with Crippen LogP contribution in [0.3, 0.4) is 0 Å². The Labute approximate surface area is 105 Å². The Morgan fingerprint density at radius 1 is 1.59 bits per heavy atom. The highest BCUT2D eigenvalue weighted by Gasteiger charge is 2.28. The molecule has 1 atom stereocenters. The molecule has 0 bridgehead atoms. The van der Waals surface area contributed by atoms with Crippen LogP contribution in [0.25, 0.3) is 0 Å². The summed E-state index contributed by atoms with van der Waals surface area (Å²) in [7, 11) is 0. The fourth-order valence-electron chi connectivity index (χ4n) is 2.22. The quantitative estimate of drug-likeness (QED) is 0.882. The number of rotatable bonds is 3. The third kappa shape index (κ3) is 2.81. The minimum atomic E-state index is -0.0336. The summed E-state index contributed by atoms with van der Waals surface area (Å²) in [5, 5.41) is 9.49. The summed E-state index contributed by atoms with van der Waals surface area (Å²) in [5.74, 6) is 0.614. The normalized spacial score (nSPS) is 20.6. The number of aryl methyl sites for hydroxylation is 1. The van der Waals surface area contributed by atoms with Gasteiger partial charge in [-0.15, -0.1) is 0 Å². The maximum atomic E-state index is 12.3. The zero-order valence-electron chi connectivity index (χ0n) is 9.93. The van der Waals surface area contributed by atoms with Crippen molar-refractivity contribution < 1.29 is 9.90 Å². The Balaban J connectivity index is 2.10. The molecular weight excluding hydrogens is 238 g/mol. The smallest absolute Gasteiger partial charge is 0.284 e. The first-order chi connectivity index (χ1) is 8.22. The van der Waals surface area contributed by atoms with Gasteiger partial charge in [-0.25, -0.2) is 4.98 Å². The van der Waals surface area contributed by atoms with E-state index in [9.17, 15) is 4.79 Å². The molecule has 2 heterocycles. The van der Waals surface area contributed by atoms with E-state index in [0.29, 0.717) is 17.3 Å². The Bertz CT molecular complexity index is 392. The summed E-state index contributed by atoms with van der Waals surface area (Å²) in [4.78, 5) is 18.2. The van der Waals surface area contributed by atoms with E-state index in [-0.39, 0.29) is 18.6 Å². The van der Waals surface area contributed by atoms with Gasteiger partial charge in [0.15, 0.2) is 0 Å². The SMILES string of the molecule is Cc1nsc(C(=O)N2CCCCC2CCO)n1. The highest BCUT2D eigenvalue weighted by molar-refractivity contribution is 7.07. The molecule has 1 fully saturated rings. The predicted octanol–water partition coefficient (Wildman–Crippen LogP) is 1.22. The Kier molecular flexibility index (Phi) is 4.06. The second-order valence-electron chi connectivity index (χ2n) is 4.31. The summed E-state index contributed by atoms with van der Waals surface area (Å²) in [6, 6.07) is 0.158. The number of aliphatic hydroxyl groups is 1. The van der Waals surface area contributed by atoms with E-state index < -0.39 is 0 Å².